The third-order valence-corrected chi connectivity index (χ3v) is 4.49. The van der Waals surface area contributed by atoms with Crippen LogP contribution in [0.1, 0.15) is 29.0 Å². The Morgan fingerprint density at radius 2 is 1.43 bits per heavy atom. The van der Waals surface area contributed by atoms with Crippen molar-refractivity contribution >= 4 is 5.71 Å². The minimum Gasteiger partial charge on any atom is -0.411 e. The van der Waals surface area contributed by atoms with Crippen LogP contribution in [0.3, 0.4) is 0 Å². The Bertz CT molecular complexity index is 826. The van der Waals surface area contributed by atoms with E-state index in [2.05, 4.69) is 58.7 Å². The van der Waals surface area contributed by atoms with Crippen LogP contribution in [-0.4, -0.2) is 15.9 Å². The summed E-state index contributed by atoms with van der Waals surface area (Å²) in [5.41, 5.74) is 6.74. The van der Waals surface area contributed by atoms with Gasteiger partial charge in [-0.3, -0.25) is 4.98 Å². The zero-order valence-electron chi connectivity index (χ0n) is 12.6. The van der Waals surface area contributed by atoms with Gasteiger partial charge in [0.25, 0.3) is 0 Å². The van der Waals surface area contributed by atoms with E-state index in [1.807, 2.05) is 12.1 Å². The van der Waals surface area contributed by atoms with Crippen molar-refractivity contribution in [3.8, 4) is 11.1 Å². The zero-order chi connectivity index (χ0) is 15.6. The normalized spacial score (nSPS) is 13.7. The second-order valence-corrected chi connectivity index (χ2v) is 5.71. The van der Waals surface area contributed by atoms with Crippen LogP contribution < -0.4 is 0 Å². The predicted octanol–water partition coefficient (Wildman–Crippen LogP) is 4.46. The molecule has 1 aromatic heterocycles. The molecule has 1 N–H and O–H groups in total. The van der Waals surface area contributed by atoms with Crippen LogP contribution in [0, 0.1) is 0 Å². The van der Waals surface area contributed by atoms with Gasteiger partial charge in [0.05, 0.1) is 5.71 Å². The highest BCUT2D eigenvalue weighted by atomic mass is 16.4. The number of fused-ring (bicyclic) bond motifs is 3. The van der Waals surface area contributed by atoms with Crippen molar-refractivity contribution in [1.29, 1.82) is 0 Å². The summed E-state index contributed by atoms with van der Waals surface area (Å²) in [5, 5.41) is 13.1. The molecule has 3 aromatic rings. The van der Waals surface area contributed by atoms with Gasteiger partial charge < -0.3 is 5.21 Å². The minimum atomic E-state index is 0.210. The van der Waals surface area contributed by atoms with Gasteiger partial charge in [0.1, 0.15) is 0 Å². The lowest BCUT2D eigenvalue weighted by Gasteiger charge is -2.14. The van der Waals surface area contributed by atoms with Crippen molar-refractivity contribution in [3.63, 3.8) is 0 Å². The highest BCUT2D eigenvalue weighted by molar-refractivity contribution is 6.01. The van der Waals surface area contributed by atoms with Gasteiger partial charge in [-0.05, 0) is 34.4 Å². The van der Waals surface area contributed by atoms with Crippen LogP contribution in [0.4, 0.5) is 0 Å². The molecule has 0 fully saturated rings. The molecular weight excluding hydrogens is 284 g/mol. The second-order valence-electron chi connectivity index (χ2n) is 5.71. The van der Waals surface area contributed by atoms with E-state index in [1.54, 1.807) is 12.4 Å². The van der Waals surface area contributed by atoms with Crippen molar-refractivity contribution in [2.45, 2.75) is 12.3 Å². The fourth-order valence-corrected chi connectivity index (χ4v) is 3.43. The average Bonchev–Trinajstić information content (AvgIpc) is 2.94. The van der Waals surface area contributed by atoms with E-state index in [4.69, 9.17) is 0 Å². The lowest BCUT2D eigenvalue weighted by atomic mass is 9.89. The number of hydrogen-bond acceptors (Lipinski definition) is 3. The number of nitrogens with zero attached hydrogens (tertiary/aromatic N) is 2. The van der Waals surface area contributed by atoms with E-state index in [0.29, 0.717) is 12.1 Å². The van der Waals surface area contributed by atoms with Gasteiger partial charge in [-0.2, -0.15) is 0 Å². The van der Waals surface area contributed by atoms with Gasteiger partial charge in [-0.15, -0.1) is 0 Å². The molecule has 0 amide bonds. The van der Waals surface area contributed by atoms with Crippen molar-refractivity contribution < 1.29 is 5.21 Å². The lowest BCUT2D eigenvalue weighted by Crippen LogP contribution is -2.08. The molecule has 112 valence electrons. The molecule has 3 nitrogen and oxygen atoms in total. The van der Waals surface area contributed by atoms with Gasteiger partial charge >= 0.3 is 0 Å². The standard InChI is InChI=1S/C20H16N2O/c23-22-20(14-9-11-21-12-10-14)13-19-17-7-3-1-5-15(17)16-6-2-4-8-18(16)19/h1-12,19,23H,13H2. The maximum atomic E-state index is 9.50. The molecule has 1 heterocycles. The first-order valence-corrected chi connectivity index (χ1v) is 7.68. The number of hydrogen-bond donors (Lipinski definition) is 1. The van der Waals surface area contributed by atoms with Crippen LogP contribution in [0.25, 0.3) is 11.1 Å². The molecule has 0 saturated carbocycles. The van der Waals surface area contributed by atoms with Gasteiger partial charge in [-0.1, -0.05) is 53.7 Å². The van der Waals surface area contributed by atoms with E-state index < -0.39 is 0 Å². The molecule has 0 saturated heterocycles. The highest BCUT2D eigenvalue weighted by Crippen LogP contribution is 2.46. The van der Waals surface area contributed by atoms with Crippen LogP contribution >= 0.6 is 0 Å². The summed E-state index contributed by atoms with van der Waals surface area (Å²) in [6.45, 7) is 0. The molecule has 0 aliphatic heterocycles. The monoisotopic (exact) mass is 300 g/mol. The molecule has 0 atom stereocenters. The van der Waals surface area contributed by atoms with Crippen molar-refractivity contribution in [2.24, 2.45) is 5.16 Å². The summed E-state index contributed by atoms with van der Waals surface area (Å²) in [6, 6.07) is 20.7. The quantitative estimate of drug-likeness (QED) is 0.441. The van der Waals surface area contributed by atoms with Crippen molar-refractivity contribution in [2.75, 3.05) is 0 Å². The lowest BCUT2D eigenvalue weighted by molar-refractivity contribution is 0.317. The van der Waals surface area contributed by atoms with E-state index in [1.165, 1.54) is 22.3 Å². The van der Waals surface area contributed by atoms with Crippen LogP contribution in [0.5, 0.6) is 0 Å². The number of pyridine rings is 1. The van der Waals surface area contributed by atoms with Gasteiger partial charge in [0.15, 0.2) is 0 Å². The summed E-state index contributed by atoms with van der Waals surface area (Å²) < 4.78 is 0. The molecule has 1 aliphatic carbocycles. The molecule has 2 aromatic carbocycles. The largest absolute Gasteiger partial charge is 0.411 e. The highest BCUT2D eigenvalue weighted by Gasteiger charge is 2.29. The Labute approximate surface area is 134 Å². The maximum absolute atomic E-state index is 9.50. The summed E-state index contributed by atoms with van der Waals surface area (Å²) in [5.74, 6) is 0.210. The molecule has 3 heteroatoms. The summed E-state index contributed by atoms with van der Waals surface area (Å²) in [4.78, 5) is 4.03. The van der Waals surface area contributed by atoms with Crippen LogP contribution in [-0.2, 0) is 0 Å². The second kappa shape index (κ2) is 5.69. The number of benzene rings is 2. The average molecular weight is 300 g/mol. The molecular formula is C20H16N2O. The fraction of sp³-hybridized carbons (Fsp3) is 0.100. The third kappa shape index (κ3) is 2.30. The van der Waals surface area contributed by atoms with E-state index in [9.17, 15) is 5.21 Å². The Morgan fingerprint density at radius 1 is 0.870 bits per heavy atom. The minimum absolute atomic E-state index is 0.210. The van der Waals surface area contributed by atoms with Gasteiger partial charge in [0.2, 0.25) is 0 Å². The maximum Gasteiger partial charge on any atom is 0.0878 e. The first-order chi connectivity index (χ1) is 11.4. The molecule has 0 unspecified atom stereocenters. The first-order valence-electron chi connectivity index (χ1n) is 7.68. The van der Waals surface area contributed by atoms with Gasteiger partial charge in [-0.25, -0.2) is 0 Å². The Morgan fingerprint density at radius 3 is 2.00 bits per heavy atom. The summed E-state index contributed by atoms with van der Waals surface area (Å²) in [6.07, 6.45) is 4.10. The number of rotatable bonds is 3. The predicted molar refractivity (Wildman–Crippen MR) is 90.9 cm³/mol. The smallest absolute Gasteiger partial charge is 0.0878 e. The van der Waals surface area contributed by atoms with Gasteiger partial charge in [0, 0.05) is 30.3 Å². The Hall–Kier alpha value is -2.94. The van der Waals surface area contributed by atoms with Crippen LogP contribution in [0.15, 0.2) is 78.2 Å². The van der Waals surface area contributed by atoms with Crippen molar-refractivity contribution in [1.82, 2.24) is 4.98 Å². The van der Waals surface area contributed by atoms with E-state index in [-0.39, 0.29) is 5.92 Å². The van der Waals surface area contributed by atoms with Crippen LogP contribution in [0.2, 0.25) is 0 Å². The SMILES string of the molecule is ON=C(CC1c2ccccc2-c2ccccc21)c1ccncc1. The Balaban J connectivity index is 1.77. The topological polar surface area (TPSA) is 45.5 Å². The van der Waals surface area contributed by atoms with E-state index >= 15 is 0 Å². The van der Waals surface area contributed by atoms with Crippen molar-refractivity contribution in [3.05, 3.63) is 89.7 Å². The molecule has 4 rings (SSSR count). The molecule has 1 aliphatic rings. The zero-order valence-corrected chi connectivity index (χ0v) is 12.6. The molecule has 0 radical (unpaired) electrons. The molecule has 0 bridgehead atoms. The fourth-order valence-electron chi connectivity index (χ4n) is 3.43. The summed E-state index contributed by atoms with van der Waals surface area (Å²) >= 11 is 0. The number of aromatic nitrogens is 1. The first kappa shape index (κ1) is 13.7. The summed E-state index contributed by atoms with van der Waals surface area (Å²) in [7, 11) is 0. The number of oxime groups is 1. The Kier molecular flexibility index (Phi) is 3.39. The van der Waals surface area contributed by atoms with E-state index in [0.717, 1.165) is 5.56 Å². The molecule has 23 heavy (non-hydrogen) atoms. The molecule has 0 spiro atoms. The third-order valence-electron chi connectivity index (χ3n) is 4.49.